The summed E-state index contributed by atoms with van der Waals surface area (Å²) >= 11 is 1.67. The molecule has 1 aromatic carbocycles. The van der Waals surface area contributed by atoms with Gasteiger partial charge in [-0.3, -0.25) is 10.1 Å². The molecule has 1 N–H and O–H groups in total. The Morgan fingerprint density at radius 1 is 1.42 bits per heavy atom. The van der Waals surface area contributed by atoms with Gasteiger partial charge in [-0.15, -0.1) is 11.3 Å². The molecule has 0 radical (unpaired) electrons. The predicted octanol–water partition coefficient (Wildman–Crippen LogP) is 3.31. The van der Waals surface area contributed by atoms with Crippen LogP contribution in [-0.4, -0.2) is 30.6 Å². The van der Waals surface area contributed by atoms with Crippen LogP contribution in [0.2, 0.25) is 0 Å². The number of methoxy groups -OCH3 is 1. The Kier molecular flexibility index (Phi) is 5.16. The van der Waals surface area contributed by atoms with Gasteiger partial charge in [-0.25, -0.2) is 4.98 Å². The van der Waals surface area contributed by atoms with Crippen LogP contribution in [0.15, 0.2) is 30.5 Å². The number of ether oxygens (including phenoxy) is 1. The minimum absolute atomic E-state index is 0.110. The maximum atomic E-state index is 13.0. The van der Waals surface area contributed by atoms with E-state index < -0.39 is 0 Å². The third-order valence-corrected chi connectivity index (χ3v) is 5.43. The Bertz CT molecular complexity index is 716. The highest BCUT2D eigenvalue weighted by Gasteiger charge is 2.32. The van der Waals surface area contributed by atoms with Crippen molar-refractivity contribution in [3.8, 4) is 5.75 Å². The summed E-state index contributed by atoms with van der Waals surface area (Å²) in [6.07, 6.45) is 3.71. The number of benzene rings is 1. The Morgan fingerprint density at radius 3 is 2.92 bits per heavy atom. The second kappa shape index (κ2) is 7.32. The van der Waals surface area contributed by atoms with E-state index in [1.165, 1.54) is 0 Å². The SMILES string of the molecule is COc1ccccc1N1CCC[C@@H](N[C@@H](C)c2cnc(C)s2)C1=O. The largest absolute Gasteiger partial charge is 0.495 e. The van der Waals surface area contributed by atoms with Gasteiger partial charge in [0.15, 0.2) is 0 Å². The van der Waals surface area contributed by atoms with Gasteiger partial charge in [-0.2, -0.15) is 0 Å². The van der Waals surface area contributed by atoms with Crippen molar-refractivity contribution in [2.24, 2.45) is 0 Å². The summed E-state index contributed by atoms with van der Waals surface area (Å²) in [7, 11) is 1.64. The molecule has 2 atom stereocenters. The average molecular weight is 345 g/mol. The summed E-state index contributed by atoms with van der Waals surface area (Å²) in [5, 5.41) is 4.52. The fourth-order valence-electron chi connectivity index (χ4n) is 3.08. The number of thiazole rings is 1. The first-order valence-corrected chi connectivity index (χ1v) is 9.04. The van der Waals surface area contributed by atoms with Gasteiger partial charge in [0.1, 0.15) is 5.75 Å². The smallest absolute Gasteiger partial charge is 0.244 e. The number of aryl methyl sites for hydroxylation is 1. The molecule has 24 heavy (non-hydrogen) atoms. The molecular weight excluding hydrogens is 322 g/mol. The van der Waals surface area contributed by atoms with Crippen molar-refractivity contribution in [3.63, 3.8) is 0 Å². The second-order valence-electron chi connectivity index (χ2n) is 6.03. The molecule has 3 rings (SSSR count). The summed E-state index contributed by atoms with van der Waals surface area (Å²) in [5.74, 6) is 0.844. The molecule has 128 valence electrons. The predicted molar refractivity (Wildman–Crippen MR) is 96.8 cm³/mol. The standard InChI is InChI=1S/C18H23N3O2S/c1-12(17-11-19-13(2)24-17)20-14-7-6-10-21(18(14)22)15-8-4-5-9-16(15)23-3/h4-5,8-9,11-12,14,20H,6-7,10H2,1-3H3/t12-,14+/m0/s1. The van der Waals surface area contributed by atoms with E-state index >= 15 is 0 Å². The van der Waals surface area contributed by atoms with Crippen molar-refractivity contribution in [2.45, 2.75) is 38.8 Å². The quantitative estimate of drug-likeness (QED) is 0.903. The van der Waals surface area contributed by atoms with Crippen molar-refractivity contribution >= 4 is 22.9 Å². The van der Waals surface area contributed by atoms with E-state index in [9.17, 15) is 4.79 Å². The molecule has 1 aliphatic rings. The monoisotopic (exact) mass is 345 g/mol. The van der Waals surface area contributed by atoms with Gasteiger partial charge in [-0.1, -0.05) is 12.1 Å². The van der Waals surface area contributed by atoms with E-state index in [2.05, 4.69) is 17.2 Å². The zero-order chi connectivity index (χ0) is 17.1. The highest BCUT2D eigenvalue weighted by molar-refractivity contribution is 7.11. The van der Waals surface area contributed by atoms with Gasteiger partial charge in [0, 0.05) is 23.7 Å². The lowest BCUT2D eigenvalue weighted by Crippen LogP contribution is -2.51. The van der Waals surface area contributed by atoms with Crippen LogP contribution in [0.25, 0.3) is 0 Å². The van der Waals surface area contributed by atoms with Crippen LogP contribution in [0.5, 0.6) is 5.75 Å². The Hall–Kier alpha value is -1.92. The van der Waals surface area contributed by atoms with E-state index in [0.29, 0.717) is 0 Å². The molecule has 2 heterocycles. The number of hydrogen-bond donors (Lipinski definition) is 1. The normalized spacial score (nSPS) is 19.4. The van der Waals surface area contributed by atoms with Crippen LogP contribution in [0.4, 0.5) is 5.69 Å². The van der Waals surface area contributed by atoms with Crippen LogP contribution >= 0.6 is 11.3 Å². The lowest BCUT2D eigenvalue weighted by atomic mass is 10.0. The van der Waals surface area contributed by atoms with Gasteiger partial charge >= 0.3 is 0 Å². The highest BCUT2D eigenvalue weighted by atomic mass is 32.1. The van der Waals surface area contributed by atoms with Crippen molar-refractivity contribution in [2.75, 3.05) is 18.6 Å². The number of amides is 1. The van der Waals surface area contributed by atoms with Gasteiger partial charge in [0.2, 0.25) is 5.91 Å². The summed E-state index contributed by atoms with van der Waals surface area (Å²) in [6.45, 7) is 4.81. The first kappa shape index (κ1) is 16.9. The van der Waals surface area contributed by atoms with Crippen LogP contribution in [-0.2, 0) is 4.79 Å². The lowest BCUT2D eigenvalue weighted by Gasteiger charge is -2.34. The summed E-state index contributed by atoms with van der Waals surface area (Å²) in [4.78, 5) is 20.3. The maximum Gasteiger partial charge on any atom is 0.244 e. The molecule has 5 nitrogen and oxygen atoms in total. The minimum Gasteiger partial charge on any atom is -0.495 e. The number of carbonyl (C=O) groups excluding carboxylic acids is 1. The number of para-hydroxylation sites is 2. The van der Waals surface area contributed by atoms with Gasteiger partial charge < -0.3 is 9.64 Å². The number of rotatable bonds is 5. The number of piperidine rings is 1. The van der Waals surface area contributed by atoms with Gasteiger partial charge in [0.05, 0.1) is 23.8 Å². The molecule has 1 saturated heterocycles. The number of anilines is 1. The van der Waals surface area contributed by atoms with Crippen molar-refractivity contribution < 1.29 is 9.53 Å². The molecule has 0 bridgehead atoms. The fraction of sp³-hybridized carbons (Fsp3) is 0.444. The first-order valence-electron chi connectivity index (χ1n) is 8.23. The molecule has 1 aromatic heterocycles. The number of carbonyl (C=O) groups is 1. The summed E-state index contributed by atoms with van der Waals surface area (Å²) < 4.78 is 5.41. The molecule has 0 unspecified atom stereocenters. The third kappa shape index (κ3) is 3.44. The maximum absolute atomic E-state index is 13.0. The highest BCUT2D eigenvalue weighted by Crippen LogP contribution is 2.31. The van der Waals surface area contributed by atoms with Gasteiger partial charge in [-0.05, 0) is 38.8 Å². The molecule has 1 aliphatic heterocycles. The molecule has 2 aromatic rings. The van der Waals surface area contributed by atoms with Crippen LogP contribution < -0.4 is 15.0 Å². The van der Waals surface area contributed by atoms with E-state index in [4.69, 9.17) is 4.74 Å². The molecular formula is C18H23N3O2S. The number of hydrogen-bond acceptors (Lipinski definition) is 5. The number of nitrogens with zero attached hydrogens (tertiary/aromatic N) is 2. The third-order valence-electron chi connectivity index (χ3n) is 4.33. The fourth-order valence-corrected chi connectivity index (χ4v) is 3.88. The van der Waals surface area contributed by atoms with Crippen molar-refractivity contribution in [1.82, 2.24) is 10.3 Å². The van der Waals surface area contributed by atoms with Crippen molar-refractivity contribution in [3.05, 3.63) is 40.3 Å². The number of nitrogens with one attached hydrogen (secondary N) is 1. The van der Waals surface area contributed by atoms with E-state index in [1.54, 1.807) is 18.4 Å². The molecule has 6 heteroatoms. The van der Waals surface area contributed by atoms with E-state index in [-0.39, 0.29) is 18.0 Å². The average Bonchev–Trinajstić information content (AvgIpc) is 3.03. The lowest BCUT2D eigenvalue weighted by molar-refractivity contribution is -0.122. The van der Waals surface area contributed by atoms with Crippen LogP contribution in [0.1, 0.15) is 35.7 Å². The topological polar surface area (TPSA) is 54.5 Å². The number of aromatic nitrogens is 1. The van der Waals surface area contributed by atoms with Crippen LogP contribution in [0.3, 0.4) is 0 Å². The zero-order valence-corrected chi connectivity index (χ0v) is 15.1. The zero-order valence-electron chi connectivity index (χ0n) is 14.3. The van der Waals surface area contributed by atoms with E-state index in [0.717, 1.165) is 40.7 Å². The minimum atomic E-state index is -0.180. The Balaban J connectivity index is 1.75. The Labute approximate surface area is 146 Å². The first-order chi connectivity index (χ1) is 11.6. The summed E-state index contributed by atoms with van der Waals surface area (Å²) in [6, 6.07) is 7.62. The van der Waals surface area contributed by atoms with Crippen molar-refractivity contribution in [1.29, 1.82) is 0 Å². The summed E-state index contributed by atoms with van der Waals surface area (Å²) in [5.41, 5.74) is 0.845. The van der Waals surface area contributed by atoms with Crippen LogP contribution in [0, 0.1) is 6.92 Å². The second-order valence-corrected chi connectivity index (χ2v) is 7.29. The Morgan fingerprint density at radius 2 is 2.21 bits per heavy atom. The van der Waals surface area contributed by atoms with Gasteiger partial charge in [0.25, 0.3) is 0 Å². The molecule has 0 spiro atoms. The van der Waals surface area contributed by atoms with E-state index in [1.807, 2.05) is 42.3 Å². The molecule has 0 saturated carbocycles. The molecule has 1 fully saturated rings. The molecule has 1 amide bonds. The molecule has 0 aliphatic carbocycles.